The molecule has 0 aromatic heterocycles. The van der Waals surface area contributed by atoms with Gasteiger partial charge in [0, 0.05) is 17.2 Å². The van der Waals surface area contributed by atoms with Crippen LogP contribution >= 0.6 is 0 Å². The number of nitro groups is 1. The first-order valence-corrected chi connectivity index (χ1v) is 8.76. The monoisotopic (exact) mass is 429 g/mol. The van der Waals surface area contributed by atoms with E-state index < -0.39 is 28.3 Å². The first-order chi connectivity index (χ1) is 14.8. The van der Waals surface area contributed by atoms with E-state index in [1.807, 2.05) is 0 Å². The third-order valence-corrected chi connectivity index (χ3v) is 4.03. The van der Waals surface area contributed by atoms with Gasteiger partial charge in [0.15, 0.2) is 0 Å². The number of hydrazone groups is 1. The summed E-state index contributed by atoms with van der Waals surface area (Å²) in [6.07, 6.45) is -3.48. The molecular formula is C21H14F3N3O4. The number of hydrogen-bond donors (Lipinski definition) is 1. The SMILES string of the molecule is O=C(NN=Cc1ccccc1Oc1ccc(C(F)(F)F)cc1[N+](=O)[O-])c1ccccc1. The molecule has 0 bridgehead atoms. The Balaban J connectivity index is 1.82. The van der Waals surface area contributed by atoms with Crippen molar-refractivity contribution < 1.29 is 27.6 Å². The standard InChI is InChI=1S/C21H14F3N3O4/c22-21(23,24)16-10-11-19(17(12-16)27(29)30)31-18-9-5-4-8-15(18)13-25-26-20(28)14-6-2-1-3-7-14/h1-13H,(H,26,28). The second-order valence-electron chi connectivity index (χ2n) is 6.14. The highest BCUT2D eigenvalue weighted by atomic mass is 19.4. The summed E-state index contributed by atoms with van der Waals surface area (Å²) in [5.41, 5.74) is 1.07. The molecule has 0 fully saturated rings. The van der Waals surface area contributed by atoms with Gasteiger partial charge >= 0.3 is 11.9 Å². The Bertz CT molecular complexity index is 1130. The minimum absolute atomic E-state index is 0.100. The van der Waals surface area contributed by atoms with E-state index in [1.165, 1.54) is 12.3 Å². The number of amides is 1. The van der Waals surface area contributed by atoms with Crippen LogP contribution in [0.15, 0.2) is 77.9 Å². The highest BCUT2D eigenvalue weighted by Gasteiger charge is 2.33. The van der Waals surface area contributed by atoms with E-state index in [1.54, 1.807) is 48.5 Å². The molecule has 158 valence electrons. The van der Waals surface area contributed by atoms with Crippen molar-refractivity contribution in [2.24, 2.45) is 5.10 Å². The number of ether oxygens (including phenoxy) is 1. The molecule has 0 aliphatic rings. The van der Waals surface area contributed by atoms with E-state index in [-0.39, 0.29) is 11.5 Å². The highest BCUT2D eigenvalue weighted by Crippen LogP contribution is 2.38. The number of halogens is 3. The Morgan fingerprint density at radius 3 is 2.35 bits per heavy atom. The second kappa shape index (κ2) is 9.08. The van der Waals surface area contributed by atoms with E-state index in [9.17, 15) is 28.1 Å². The molecule has 3 rings (SSSR count). The number of benzene rings is 3. The van der Waals surface area contributed by atoms with Gasteiger partial charge in [-0.25, -0.2) is 5.43 Å². The van der Waals surface area contributed by atoms with Crippen molar-refractivity contribution in [3.63, 3.8) is 0 Å². The number of carbonyl (C=O) groups excluding carboxylic acids is 1. The number of nitrogens with one attached hydrogen (secondary N) is 1. The molecule has 1 amide bonds. The van der Waals surface area contributed by atoms with Crippen molar-refractivity contribution in [1.82, 2.24) is 5.43 Å². The van der Waals surface area contributed by atoms with Crippen LogP contribution in [0.4, 0.5) is 18.9 Å². The van der Waals surface area contributed by atoms with E-state index in [0.29, 0.717) is 23.3 Å². The maximum atomic E-state index is 12.9. The lowest BCUT2D eigenvalue weighted by Crippen LogP contribution is -2.17. The van der Waals surface area contributed by atoms with Crippen molar-refractivity contribution in [3.8, 4) is 11.5 Å². The smallest absolute Gasteiger partial charge is 0.416 e. The molecule has 0 radical (unpaired) electrons. The van der Waals surface area contributed by atoms with Gasteiger partial charge in [-0.2, -0.15) is 18.3 Å². The first-order valence-electron chi connectivity index (χ1n) is 8.76. The lowest BCUT2D eigenvalue weighted by molar-refractivity contribution is -0.385. The van der Waals surface area contributed by atoms with Gasteiger partial charge in [-0.15, -0.1) is 0 Å². The van der Waals surface area contributed by atoms with Crippen LogP contribution in [0.3, 0.4) is 0 Å². The Kier molecular flexibility index (Phi) is 6.29. The molecule has 3 aromatic rings. The number of rotatable bonds is 6. The summed E-state index contributed by atoms with van der Waals surface area (Å²) in [5, 5.41) is 15.1. The molecule has 7 nitrogen and oxygen atoms in total. The molecule has 0 saturated carbocycles. The average Bonchev–Trinajstić information content (AvgIpc) is 2.74. The molecule has 31 heavy (non-hydrogen) atoms. The Morgan fingerprint density at radius 1 is 1.00 bits per heavy atom. The number of para-hydroxylation sites is 1. The van der Waals surface area contributed by atoms with Crippen molar-refractivity contribution in [2.75, 3.05) is 0 Å². The third-order valence-electron chi connectivity index (χ3n) is 4.03. The Hall–Kier alpha value is -4.21. The molecule has 0 aliphatic carbocycles. The fraction of sp³-hybridized carbons (Fsp3) is 0.0476. The van der Waals surface area contributed by atoms with Gasteiger partial charge in [-0.05, 0) is 36.4 Å². The van der Waals surface area contributed by atoms with Crippen LogP contribution < -0.4 is 10.2 Å². The van der Waals surface area contributed by atoms with E-state index >= 15 is 0 Å². The minimum atomic E-state index is -4.73. The zero-order valence-corrected chi connectivity index (χ0v) is 15.7. The van der Waals surface area contributed by atoms with Gasteiger partial charge in [0.25, 0.3) is 5.91 Å². The molecule has 0 atom stereocenters. The van der Waals surface area contributed by atoms with Crippen LogP contribution in [0, 0.1) is 10.1 Å². The predicted molar refractivity (Wildman–Crippen MR) is 106 cm³/mol. The topological polar surface area (TPSA) is 93.8 Å². The molecule has 0 saturated heterocycles. The summed E-state index contributed by atoms with van der Waals surface area (Å²) >= 11 is 0. The molecule has 1 N–H and O–H groups in total. The minimum Gasteiger partial charge on any atom is -0.449 e. The zero-order valence-electron chi connectivity index (χ0n) is 15.7. The summed E-state index contributed by atoms with van der Waals surface area (Å²) in [5.74, 6) is -0.719. The van der Waals surface area contributed by atoms with E-state index in [0.717, 1.165) is 6.07 Å². The maximum absolute atomic E-state index is 12.9. The van der Waals surface area contributed by atoms with Gasteiger partial charge in [0.1, 0.15) is 5.75 Å². The highest BCUT2D eigenvalue weighted by molar-refractivity contribution is 5.95. The van der Waals surface area contributed by atoms with Crippen molar-refractivity contribution in [3.05, 3.63) is 99.6 Å². The van der Waals surface area contributed by atoms with Crippen molar-refractivity contribution in [1.29, 1.82) is 0 Å². The van der Waals surface area contributed by atoms with Gasteiger partial charge in [-0.3, -0.25) is 14.9 Å². The zero-order chi connectivity index (χ0) is 22.4. The molecule has 0 spiro atoms. The maximum Gasteiger partial charge on any atom is 0.416 e. The van der Waals surface area contributed by atoms with Crippen LogP contribution in [0.25, 0.3) is 0 Å². The second-order valence-corrected chi connectivity index (χ2v) is 6.14. The molecular weight excluding hydrogens is 415 g/mol. The Labute approximate surface area is 173 Å². The van der Waals surface area contributed by atoms with Gasteiger partial charge in [0.05, 0.1) is 16.7 Å². The fourth-order valence-corrected chi connectivity index (χ4v) is 2.54. The predicted octanol–water partition coefficient (Wildman–Crippen LogP) is 5.17. The molecule has 10 heteroatoms. The van der Waals surface area contributed by atoms with E-state index in [4.69, 9.17) is 4.74 Å². The lowest BCUT2D eigenvalue weighted by Gasteiger charge is -2.11. The number of alkyl halides is 3. The Morgan fingerprint density at radius 2 is 1.68 bits per heavy atom. The summed E-state index contributed by atoms with van der Waals surface area (Å²) in [4.78, 5) is 22.3. The van der Waals surface area contributed by atoms with Gasteiger partial charge in [-0.1, -0.05) is 30.3 Å². The number of nitrogens with zero attached hydrogens (tertiary/aromatic N) is 2. The van der Waals surface area contributed by atoms with Crippen LogP contribution in [-0.2, 0) is 6.18 Å². The van der Waals surface area contributed by atoms with Crippen LogP contribution in [-0.4, -0.2) is 17.0 Å². The summed E-state index contributed by atoms with van der Waals surface area (Å²) in [7, 11) is 0. The number of carbonyl (C=O) groups is 1. The third kappa shape index (κ3) is 5.44. The average molecular weight is 429 g/mol. The van der Waals surface area contributed by atoms with Crippen molar-refractivity contribution in [2.45, 2.75) is 6.18 Å². The number of hydrogen-bond acceptors (Lipinski definition) is 5. The largest absolute Gasteiger partial charge is 0.449 e. The van der Waals surface area contributed by atoms with Crippen LogP contribution in [0.5, 0.6) is 11.5 Å². The van der Waals surface area contributed by atoms with E-state index in [2.05, 4.69) is 10.5 Å². The lowest BCUT2D eigenvalue weighted by atomic mass is 10.1. The normalized spacial score (nSPS) is 11.3. The van der Waals surface area contributed by atoms with Gasteiger partial charge in [0.2, 0.25) is 5.75 Å². The first kappa shape index (κ1) is 21.5. The molecule has 3 aromatic carbocycles. The molecule has 0 heterocycles. The quantitative estimate of drug-likeness (QED) is 0.332. The molecule has 0 aliphatic heterocycles. The summed E-state index contributed by atoms with van der Waals surface area (Å²) in [6, 6.07) is 16.6. The van der Waals surface area contributed by atoms with Gasteiger partial charge < -0.3 is 4.74 Å². The van der Waals surface area contributed by atoms with Crippen LogP contribution in [0.2, 0.25) is 0 Å². The van der Waals surface area contributed by atoms with Crippen LogP contribution in [0.1, 0.15) is 21.5 Å². The summed E-state index contributed by atoms with van der Waals surface area (Å²) < 4.78 is 44.1. The molecule has 0 unspecified atom stereocenters. The number of nitro benzene ring substituents is 1. The summed E-state index contributed by atoms with van der Waals surface area (Å²) in [6.45, 7) is 0. The van der Waals surface area contributed by atoms with Crippen molar-refractivity contribution >= 4 is 17.8 Å². The fourth-order valence-electron chi connectivity index (χ4n) is 2.54.